The number of aryl methyl sites for hydroxylation is 2. The molecule has 2 heterocycles. The van der Waals surface area contributed by atoms with Gasteiger partial charge in [0.1, 0.15) is 10.6 Å². The Kier molecular flexibility index (Phi) is 3.74. The van der Waals surface area contributed by atoms with Crippen molar-refractivity contribution in [2.24, 2.45) is 0 Å². The van der Waals surface area contributed by atoms with Crippen molar-refractivity contribution >= 4 is 10.0 Å². The average molecular weight is 274 g/mol. The zero-order chi connectivity index (χ0) is 13.3. The second kappa shape index (κ2) is 4.99. The van der Waals surface area contributed by atoms with Crippen molar-refractivity contribution in [3.8, 4) is 0 Å². The third-order valence-corrected chi connectivity index (χ3v) is 5.64. The van der Waals surface area contributed by atoms with E-state index in [1.807, 2.05) is 0 Å². The van der Waals surface area contributed by atoms with E-state index < -0.39 is 10.0 Å². The Morgan fingerprint density at radius 1 is 1.33 bits per heavy atom. The summed E-state index contributed by atoms with van der Waals surface area (Å²) in [7, 11) is -3.45. The lowest BCUT2D eigenvalue weighted by Crippen LogP contribution is -3.14. The molecule has 6 nitrogen and oxygen atoms in total. The number of aromatic nitrogens is 1. The van der Waals surface area contributed by atoms with Crippen molar-refractivity contribution in [3.63, 3.8) is 0 Å². The van der Waals surface area contributed by atoms with Gasteiger partial charge in [-0.2, -0.15) is 4.31 Å². The molecule has 1 aliphatic heterocycles. The minimum absolute atomic E-state index is 0.238. The highest BCUT2D eigenvalue weighted by molar-refractivity contribution is 7.89. The van der Waals surface area contributed by atoms with Gasteiger partial charge in [0.2, 0.25) is 10.0 Å². The summed E-state index contributed by atoms with van der Waals surface area (Å²) in [5.74, 6) is 0.373. The SMILES string of the molecule is CC[NH+]1CCN(S(=O)(=O)c2c(C)noc2C)CC1. The first-order valence-corrected chi connectivity index (χ1v) is 7.67. The first-order chi connectivity index (χ1) is 8.46. The molecular formula is C11H20N3O3S+. The second-order valence-corrected chi connectivity index (χ2v) is 6.54. The molecule has 102 valence electrons. The molecule has 1 fully saturated rings. The smallest absolute Gasteiger partial charge is 0.248 e. The predicted molar refractivity (Wildman–Crippen MR) is 66.0 cm³/mol. The molecule has 1 aromatic rings. The average Bonchev–Trinajstić information content (AvgIpc) is 2.69. The van der Waals surface area contributed by atoms with Gasteiger partial charge >= 0.3 is 0 Å². The number of piperazine rings is 1. The van der Waals surface area contributed by atoms with Crippen LogP contribution in [-0.2, 0) is 10.0 Å². The molecule has 0 bridgehead atoms. The van der Waals surface area contributed by atoms with Crippen LogP contribution >= 0.6 is 0 Å². The first-order valence-electron chi connectivity index (χ1n) is 6.23. The van der Waals surface area contributed by atoms with Gasteiger partial charge in [0.15, 0.2) is 5.76 Å². The number of nitrogens with one attached hydrogen (secondary N) is 1. The molecule has 0 unspecified atom stereocenters. The van der Waals surface area contributed by atoms with Gasteiger partial charge < -0.3 is 9.42 Å². The lowest BCUT2D eigenvalue weighted by atomic mass is 10.4. The minimum atomic E-state index is -3.45. The Bertz CT molecular complexity index is 496. The summed E-state index contributed by atoms with van der Waals surface area (Å²) in [5, 5.41) is 3.72. The summed E-state index contributed by atoms with van der Waals surface area (Å²) < 4.78 is 31.5. The molecule has 1 aliphatic rings. The van der Waals surface area contributed by atoms with Crippen molar-refractivity contribution in [2.45, 2.75) is 25.7 Å². The summed E-state index contributed by atoms with van der Waals surface area (Å²) in [6.07, 6.45) is 0. The standard InChI is InChI=1S/C11H19N3O3S/c1-4-13-5-7-14(8-6-13)18(15,16)11-9(2)12-17-10(11)3/h4-8H2,1-3H3/p+1. The maximum Gasteiger partial charge on any atom is 0.248 e. The highest BCUT2D eigenvalue weighted by atomic mass is 32.2. The fourth-order valence-corrected chi connectivity index (χ4v) is 4.10. The molecule has 0 atom stereocenters. The molecule has 0 radical (unpaired) electrons. The Morgan fingerprint density at radius 3 is 2.39 bits per heavy atom. The van der Waals surface area contributed by atoms with Gasteiger partial charge in [-0.15, -0.1) is 0 Å². The van der Waals surface area contributed by atoms with Crippen molar-refractivity contribution < 1.29 is 17.8 Å². The second-order valence-electron chi connectivity index (χ2n) is 4.66. The first kappa shape index (κ1) is 13.5. The van der Waals surface area contributed by atoms with E-state index in [0.29, 0.717) is 24.5 Å². The molecule has 0 spiro atoms. The summed E-state index contributed by atoms with van der Waals surface area (Å²) >= 11 is 0. The lowest BCUT2D eigenvalue weighted by Gasteiger charge is -2.30. The maximum atomic E-state index is 12.5. The normalized spacial score (nSPS) is 19.3. The van der Waals surface area contributed by atoms with E-state index >= 15 is 0 Å². The molecule has 0 aliphatic carbocycles. The number of quaternary nitrogens is 1. The van der Waals surface area contributed by atoms with Crippen LogP contribution in [0.15, 0.2) is 9.42 Å². The summed E-state index contributed by atoms with van der Waals surface area (Å²) in [6.45, 7) is 9.31. The topological polar surface area (TPSA) is 67.8 Å². The molecular weight excluding hydrogens is 254 g/mol. The summed E-state index contributed by atoms with van der Waals surface area (Å²) in [4.78, 5) is 1.68. The fraction of sp³-hybridized carbons (Fsp3) is 0.727. The third-order valence-electron chi connectivity index (χ3n) is 3.50. The number of nitrogens with zero attached hydrogens (tertiary/aromatic N) is 2. The highest BCUT2D eigenvalue weighted by Crippen LogP contribution is 2.22. The van der Waals surface area contributed by atoms with Gasteiger partial charge in [0.25, 0.3) is 0 Å². The van der Waals surface area contributed by atoms with Gasteiger partial charge in [0, 0.05) is 0 Å². The molecule has 1 saturated heterocycles. The van der Waals surface area contributed by atoms with Crippen LogP contribution in [0, 0.1) is 13.8 Å². The molecule has 2 rings (SSSR count). The van der Waals surface area contributed by atoms with Gasteiger partial charge in [-0.1, -0.05) is 5.16 Å². The Labute approximate surface area is 108 Å². The predicted octanol–water partition coefficient (Wildman–Crippen LogP) is -0.799. The van der Waals surface area contributed by atoms with Crippen LogP contribution in [0.25, 0.3) is 0 Å². The molecule has 18 heavy (non-hydrogen) atoms. The Morgan fingerprint density at radius 2 is 1.94 bits per heavy atom. The molecule has 1 N–H and O–H groups in total. The van der Waals surface area contributed by atoms with E-state index in [1.165, 1.54) is 4.90 Å². The summed E-state index contributed by atoms with van der Waals surface area (Å²) in [5.41, 5.74) is 0.442. The van der Waals surface area contributed by atoms with Crippen molar-refractivity contribution in [1.29, 1.82) is 0 Å². The van der Waals surface area contributed by atoms with Crippen molar-refractivity contribution in [3.05, 3.63) is 11.5 Å². The number of likely N-dealkylation sites (N-methyl/N-ethyl adjacent to an activating group) is 1. The highest BCUT2D eigenvalue weighted by Gasteiger charge is 2.34. The van der Waals surface area contributed by atoms with Crippen LogP contribution in [0.4, 0.5) is 0 Å². The van der Waals surface area contributed by atoms with Crippen molar-refractivity contribution in [2.75, 3.05) is 32.7 Å². The molecule has 0 aromatic carbocycles. The quantitative estimate of drug-likeness (QED) is 0.783. The van der Waals surface area contributed by atoms with E-state index in [-0.39, 0.29) is 4.90 Å². The van der Waals surface area contributed by atoms with Gasteiger partial charge in [0.05, 0.1) is 32.7 Å². The van der Waals surface area contributed by atoms with Crippen LogP contribution in [0.3, 0.4) is 0 Å². The van der Waals surface area contributed by atoms with Crippen molar-refractivity contribution in [1.82, 2.24) is 9.46 Å². The Balaban J connectivity index is 2.23. The van der Waals surface area contributed by atoms with Crippen LogP contribution < -0.4 is 4.90 Å². The Hall–Kier alpha value is -0.920. The van der Waals surface area contributed by atoms with E-state index in [1.54, 1.807) is 18.2 Å². The van der Waals surface area contributed by atoms with E-state index in [2.05, 4.69) is 12.1 Å². The third kappa shape index (κ3) is 2.30. The number of hydrogen-bond donors (Lipinski definition) is 1. The molecule has 7 heteroatoms. The van der Waals surface area contributed by atoms with E-state index in [0.717, 1.165) is 19.6 Å². The van der Waals surface area contributed by atoms with Crippen LogP contribution in [0.5, 0.6) is 0 Å². The molecule has 1 aromatic heterocycles. The van der Waals surface area contributed by atoms with Gasteiger partial charge in [-0.3, -0.25) is 0 Å². The van der Waals surface area contributed by atoms with Crippen LogP contribution in [0.2, 0.25) is 0 Å². The van der Waals surface area contributed by atoms with Gasteiger partial charge in [-0.25, -0.2) is 8.42 Å². The molecule has 0 saturated carbocycles. The summed E-state index contributed by atoms with van der Waals surface area (Å²) in [6, 6.07) is 0. The van der Waals surface area contributed by atoms with Crippen LogP contribution in [-0.4, -0.2) is 50.6 Å². The van der Waals surface area contributed by atoms with Gasteiger partial charge in [-0.05, 0) is 20.8 Å². The zero-order valence-electron chi connectivity index (χ0n) is 11.1. The maximum absolute atomic E-state index is 12.5. The molecule has 0 amide bonds. The van der Waals surface area contributed by atoms with E-state index in [4.69, 9.17) is 4.52 Å². The number of sulfonamides is 1. The zero-order valence-corrected chi connectivity index (χ0v) is 11.9. The number of rotatable bonds is 3. The van der Waals surface area contributed by atoms with E-state index in [9.17, 15) is 8.42 Å². The lowest BCUT2D eigenvalue weighted by molar-refractivity contribution is -0.901. The van der Waals surface area contributed by atoms with Crippen LogP contribution in [0.1, 0.15) is 18.4 Å². The monoisotopic (exact) mass is 274 g/mol. The number of hydrogen-bond acceptors (Lipinski definition) is 4. The largest absolute Gasteiger partial charge is 0.360 e. The fourth-order valence-electron chi connectivity index (χ4n) is 2.37. The minimum Gasteiger partial charge on any atom is -0.360 e.